The van der Waals surface area contributed by atoms with Crippen molar-refractivity contribution in [2.24, 2.45) is 5.41 Å². The molecule has 2 fully saturated rings. The number of rotatable bonds is 3. The van der Waals surface area contributed by atoms with Gasteiger partial charge < -0.3 is 15.0 Å². The highest BCUT2D eigenvalue weighted by atomic mass is 16.5. The number of nitrogens with zero attached hydrogens (tertiary/aromatic N) is 3. The number of anilines is 2. The molecule has 1 aliphatic carbocycles. The zero-order chi connectivity index (χ0) is 14.0. The third-order valence-corrected chi connectivity index (χ3v) is 4.90. The standard InChI is InChI=1S/C15H24N4O/c1-16-13-6-9-17-14(18-13)19-10-4-8-15(11-19)7-3-5-12(15)20-2/h6,9,12H,3-5,7-8,10-11H2,1-2H3,(H,16,17,18)/t12-,15+/m1/s1. The number of piperidine rings is 1. The van der Waals surface area contributed by atoms with Gasteiger partial charge in [0.25, 0.3) is 0 Å². The zero-order valence-corrected chi connectivity index (χ0v) is 12.4. The number of hydrogen-bond donors (Lipinski definition) is 1. The van der Waals surface area contributed by atoms with Crippen LogP contribution < -0.4 is 10.2 Å². The van der Waals surface area contributed by atoms with Crippen LogP contribution in [0.15, 0.2) is 12.3 Å². The lowest BCUT2D eigenvalue weighted by molar-refractivity contribution is 0.00204. The first-order chi connectivity index (χ1) is 9.77. The maximum Gasteiger partial charge on any atom is 0.227 e. The van der Waals surface area contributed by atoms with Gasteiger partial charge in [0.1, 0.15) is 5.82 Å². The Labute approximate surface area is 120 Å². The molecule has 110 valence electrons. The van der Waals surface area contributed by atoms with Crippen molar-refractivity contribution in [1.82, 2.24) is 9.97 Å². The Morgan fingerprint density at radius 1 is 1.40 bits per heavy atom. The van der Waals surface area contributed by atoms with Crippen LogP contribution >= 0.6 is 0 Å². The van der Waals surface area contributed by atoms with E-state index in [0.29, 0.717) is 11.5 Å². The van der Waals surface area contributed by atoms with E-state index in [2.05, 4.69) is 20.2 Å². The molecule has 1 saturated heterocycles. The largest absolute Gasteiger partial charge is 0.381 e. The maximum atomic E-state index is 5.75. The van der Waals surface area contributed by atoms with Gasteiger partial charge in [0.05, 0.1) is 6.10 Å². The summed E-state index contributed by atoms with van der Waals surface area (Å²) < 4.78 is 5.75. The van der Waals surface area contributed by atoms with Crippen molar-refractivity contribution < 1.29 is 4.74 Å². The molecule has 0 radical (unpaired) electrons. The lowest BCUT2D eigenvalue weighted by atomic mass is 9.76. The van der Waals surface area contributed by atoms with Gasteiger partial charge in [-0.3, -0.25) is 0 Å². The molecule has 3 rings (SSSR count). The van der Waals surface area contributed by atoms with Crippen LogP contribution in [0.4, 0.5) is 11.8 Å². The van der Waals surface area contributed by atoms with Crippen LogP contribution in [-0.4, -0.2) is 43.3 Å². The first-order valence-corrected chi connectivity index (χ1v) is 7.56. The topological polar surface area (TPSA) is 50.3 Å². The van der Waals surface area contributed by atoms with E-state index in [1.165, 1.54) is 32.1 Å². The quantitative estimate of drug-likeness (QED) is 0.918. The molecule has 0 unspecified atom stereocenters. The molecule has 1 aliphatic heterocycles. The Kier molecular flexibility index (Phi) is 3.78. The van der Waals surface area contributed by atoms with Crippen LogP contribution in [0.25, 0.3) is 0 Å². The Morgan fingerprint density at radius 2 is 2.25 bits per heavy atom. The molecule has 20 heavy (non-hydrogen) atoms. The van der Waals surface area contributed by atoms with Gasteiger partial charge >= 0.3 is 0 Å². The van der Waals surface area contributed by atoms with E-state index >= 15 is 0 Å². The van der Waals surface area contributed by atoms with E-state index in [9.17, 15) is 0 Å². The maximum absolute atomic E-state index is 5.75. The Balaban J connectivity index is 1.81. The molecule has 0 aromatic carbocycles. The second kappa shape index (κ2) is 5.56. The summed E-state index contributed by atoms with van der Waals surface area (Å²) >= 11 is 0. The van der Waals surface area contributed by atoms with Gasteiger partial charge in [-0.05, 0) is 31.7 Å². The van der Waals surface area contributed by atoms with Gasteiger partial charge in [-0.2, -0.15) is 4.98 Å². The fourth-order valence-electron chi connectivity index (χ4n) is 3.91. The fourth-order valence-corrected chi connectivity index (χ4v) is 3.91. The smallest absolute Gasteiger partial charge is 0.227 e. The molecule has 1 saturated carbocycles. The van der Waals surface area contributed by atoms with Crippen molar-refractivity contribution in [2.75, 3.05) is 37.5 Å². The SMILES string of the molecule is CNc1ccnc(N2CCC[C@@]3(CCC[C@H]3OC)C2)n1. The van der Waals surface area contributed by atoms with E-state index < -0.39 is 0 Å². The third kappa shape index (κ3) is 2.35. The van der Waals surface area contributed by atoms with Crippen molar-refractivity contribution in [3.8, 4) is 0 Å². The fraction of sp³-hybridized carbons (Fsp3) is 0.733. The number of ether oxygens (including phenoxy) is 1. The van der Waals surface area contributed by atoms with Crippen molar-refractivity contribution >= 4 is 11.8 Å². The lowest BCUT2D eigenvalue weighted by Crippen LogP contribution is -2.48. The monoisotopic (exact) mass is 276 g/mol. The highest BCUT2D eigenvalue weighted by molar-refractivity contribution is 5.41. The minimum absolute atomic E-state index is 0.312. The van der Waals surface area contributed by atoms with Gasteiger partial charge in [0.2, 0.25) is 5.95 Å². The summed E-state index contributed by atoms with van der Waals surface area (Å²) in [7, 11) is 3.75. The van der Waals surface area contributed by atoms with E-state index in [-0.39, 0.29) is 0 Å². The Morgan fingerprint density at radius 3 is 3.05 bits per heavy atom. The van der Waals surface area contributed by atoms with E-state index in [1.54, 1.807) is 0 Å². The summed E-state index contributed by atoms with van der Waals surface area (Å²) in [6, 6.07) is 1.90. The highest BCUT2D eigenvalue weighted by Gasteiger charge is 2.46. The number of hydrogen-bond acceptors (Lipinski definition) is 5. The second-order valence-electron chi connectivity index (χ2n) is 6.00. The molecule has 5 nitrogen and oxygen atoms in total. The summed E-state index contributed by atoms with van der Waals surface area (Å²) in [5, 5.41) is 3.08. The molecule has 1 aromatic rings. The normalized spacial score (nSPS) is 29.9. The molecule has 2 atom stereocenters. The van der Waals surface area contributed by atoms with Crippen LogP contribution in [0, 0.1) is 5.41 Å². The molecular weight excluding hydrogens is 252 g/mol. The number of methoxy groups -OCH3 is 1. The first kappa shape index (κ1) is 13.6. The first-order valence-electron chi connectivity index (χ1n) is 7.56. The van der Waals surface area contributed by atoms with Crippen molar-refractivity contribution in [3.63, 3.8) is 0 Å². The van der Waals surface area contributed by atoms with Gasteiger partial charge in [-0.25, -0.2) is 4.98 Å². The minimum atomic E-state index is 0.312. The van der Waals surface area contributed by atoms with Crippen LogP contribution in [0.1, 0.15) is 32.1 Å². The molecular formula is C15H24N4O. The van der Waals surface area contributed by atoms with Gasteiger partial charge in [0, 0.05) is 38.9 Å². The predicted octanol–water partition coefficient (Wildman–Crippen LogP) is 2.30. The molecule has 5 heteroatoms. The van der Waals surface area contributed by atoms with Crippen LogP contribution in [-0.2, 0) is 4.74 Å². The zero-order valence-electron chi connectivity index (χ0n) is 12.4. The number of nitrogens with one attached hydrogen (secondary N) is 1. The predicted molar refractivity (Wildman–Crippen MR) is 80.1 cm³/mol. The van der Waals surface area contributed by atoms with Crippen LogP contribution in [0.3, 0.4) is 0 Å². The molecule has 2 heterocycles. The lowest BCUT2D eigenvalue weighted by Gasteiger charge is -2.43. The van der Waals surface area contributed by atoms with Gasteiger partial charge in [-0.15, -0.1) is 0 Å². The van der Waals surface area contributed by atoms with E-state index in [0.717, 1.165) is 24.9 Å². The molecule has 2 aliphatic rings. The summed E-state index contributed by atoms with van der Waals surface area (Å²) in [5.41, 5.74) is 0.312. The third-order valence-electron chi connectivity index (χ3n) is 4.90. The minimum Gasteiger partial charge on any atom is -0.381 e. The molecule has 1 aromatic heterocycles. The van der Waals surface area contributed by atoms with Crippen molar-refractivity contribution in [2.45, 2.75) is 38.2 Å². The van der Waals surface area contributed by atoms with Crippen LogP contribution in [0.5, 0.6) is 0 Å². The van der Waals surface area contributed by atoms with Crippen molar-refractivity contribution in [3.05, 3.63) is 12.3 Å². The van der Waals surface area contributed by atoms with Crippen LogP contribution in [0.2, 0.25) is 0 Å². The molecule has 1 spiro atoms. The van der Waals surface area contributed by atoms with E-state index in [1.807, 2.05) is 26.4 Å². The number of aromatic nitrogens is 2. The Bertz CT molecular complexity index is 467. The molecule has 1 N–H and O–H groups in total. The summed E-state index contributed by atoms with van der Waals surface area (Å²) in [6.07, 6.45) is 8.45. The summed E-state index contributed by atoms with van der Waals surface area (Å²) in [5.74, 6) is 1.72. The summed E-state index contributed by atoms with van der Waals surface area (Å²) in [4.78, 5) is 11.4. The van der Waals surface area contributed by atoms with Crippen molar-refractivity contribution in [1.29, 1.82) is 0 Å². The summed E-state index contributed by atoms with van der Waals surface area (Å²) in [6.45, 7) is 2.07. The van der Waals surface area contributed by atoms with Gasteiger partial charge in [-0.1, -0.05) is 6.42 Å². The highest BCUT2D eigenvalue weighted by Crippen LogP contribution is 2.46. The molecule has 0 bridgehead atoms. The average Bonchev–Trinajstić information content (AvgIpc) is 2.89. The van der Waals surface area contributed by atoms with E-state index in [4.69, 9.17) is 4.74 Å². The second-order valence-corrected chi connectivity index (χ2v) is 6.00. The molecule has 0 amide bonds. The van der Waals surface area contributed by atoms with Gasteiger partial charge in [0.15, 0.2) is 0 Å². The average molecular weight is 276 g/mol. The Hall–Kier alpha value is -1.36.